The molecule has 1 heterocycles. The number of aromatic nitrogens is 2. The van der Waals surface area contributed by atoms with E-state index in [-0.39, 0.29) is 22.6 Å². The lowest BCUT2D eigenvalue weighted by molar-refractivity contribution is -0.113. The van der Waals surface area contributed by atoms with Crippen molar-refractivity contribution in [3.8, 4) is 17.2 Å². The van der Waals surface area contributed by atoms with Crippen molar-refractivity contribution in [1.82, 2.24) is 9.55 Å². The summed E-state index contributed by atoms with van der Waals surface area (Å²) in [5.74, 6) is 0.593. The van der Waals surface area contributed by atoms with Crippen molar-refractivity contribution >= 4 is 52.4 Å². The summed E-state index contributed by atoms with van der Waals surface area (Å²) in [6.07, 6.45) is 0. The Balaban J connectivity index is 1.82. The number of nitrogens with two attached hydrogens (primary N) is 1. The lowest BCUT2D eigenvalue weighted by Crippen LogP contribution is -2.19. The summed E-state index contributed by atoms with van der Waals surface area (Å²) in [7, 11) is 2.95. The van der Waals surface area contributed by atoms with E-state index >= 15 is 0 Å². The topological polar surface area (TPSA) is 108 Å². The van der Waals surface area contributed by atoms with E-state index in [0.29, 0.717) is 32.9 Å². The molecule has 2 aromatic carbocycles. The minimum absolute atomic E-state index is 0.0454. The largest absolute Gasteiger partial charge is 0.495 e. The molecule has 1 aromatic heterocycles. The first-order chi connectivity index (χ1) is 14.8. The Morgan fingerprint density at radius 1 is 1.13 bits per heavy atom. The molecule has 0 unspecified atom stereocenters. The van der Waals surface area contributed by atoms with E-state index in [1.165, 1.54) is 26.4 Å². The fourth-order valence-electron chi connectivity index (χ4n) is 2.70. The Morgan fingerprint density at radius 3 is 2.45 bits per heavy atom. The van der Waals surface area contributed by atoms with Crippen LogP contribution in [0.15, 0.2) is 52.4 Å². The number of benzene rings is 2. The Hall–Kier alpha value is -2.88. The van der Waals surface area contributed by atoms with Crippen LogP contribution in [-0.2, 0) is 4.79 Å². The molecule has 0 spiro atoms. The van der Waals surface area contributed by atoms with Gasteiger partial charge in [-0.05, 0) is 30.3 Å². The Kier molecular flexibility index (Phi) is 7.32. The number of rotatable bonds is 7. The number of nitrogens with one attached hydrogen (secondary N) is 1. The van der Waals surface area contributed by atoms with Gasteiger partial charge in [-0.25, -0.2) is 0 Å². The molecule has 0 saturated heterocycles. The molecule has 0 atom stereocenters. The minimum Gasteiger partial charge on any atom is -0.495 e. The molecule has 0 aliphatic rings. The summed E-state index contributed by atoms with van der Waals surface area (Å²) >= 11 is 13.1. The maximum absolute atomic E-state index is 12.6. The van der Waals surface area contributed by atoms with E-state index in [2.05, 4.69) is 10.3 Å². The van der Waals surface area contributed by atoms with Crippen LogP contribution in [0, 0.1) is 0 Å². The van der Waals surface area contributed by atoms with Gasteiger partial charge in [0.1, 0.15) is 17.3 Å². The highest BCUT2D eigenvalue weighted by Gasteiger charge is 2.15. The summed E-state index contributed by atoms with van der Waals surface area (Å²) in [5, 5.41) is 3.87. The fourth-order valence-corrected chi connectivity index (χ4v) is 3.89. The van der Waals surface area contributed by atoms with Crippen LogP contribution in [0.5, 0.6) is 11.5 Å². The van der Waals surface area contributed by atoms with E-state index in [1.54, 1.807) is 34.9 Å². The van der Waals surface area contributed by atoms with Crippen molar-refractivity contribution in [1.29, 1.82) is 0 Å². The SMILES string of the molecule is COc1cc(OC)c(NC(=O)CSc2nc(=O)cc(N)n2-c2ccc(Cl)cc2)cc1Cl. The van der Waals surface area contributed by atoms with Gasteiger partial charge in [-0.3, -0.25) is 14.2 Å². The Bertz CT molecular complexity index is 1170. The van der Waals surface area contributed by atoms with Crippen LogP contribution in [-0.4, -0.2) is 35.4 Å². The van der Waals surface area contributed by atoms with E-state index in [1.807, 2.05) is 0 Å². The van der Waals surface area contributed by atoms with E-state index < -0.39 is 5.56 Å². The Morgan fingerprint density at radius 2 is 1.81 bits per heavy atom. The van der Waals surface area contributed by atoms with Crippen LogP contribution >= 0.6 is 35.0 Å². The maximum Gasteiger partial charge on any atom is 0.275 e. The van der Waals surface area contributed by atoms with Gasteiger partial charge in [0.05, 0.1) is 30.7 Å². The molecule has 0 aliphatic carbocycles. The first-order valence-corrected chi connectivity index (χ1v) is 10.6. The predicted molar refractivity (Wildman–Crippen MR) is 123 cm³/mol. The number of halogens is 2. The van der Waals surface area contributed by atoms with Crippen LogP contribution in [0.1, 0.15) is 0 Å². The predicted octanol–water partition coefficient (Wildman–Crippen LogP) is 3.87. The minimum atomic E-state index is -0.505. The van der Waals surface area contributed by atoms with Crippen LogP contribution in [0.4, 0.5) is 11.5 Å². The second-order valence-electron chi connectivity index (χ2n) is 6.14. The van der Waals surface area contributed by atoms with E-state index in [9.17, 15) is 9.59 Å². The highest BCUT2D eigenvalue weighted by Crippen LogP contribution is 2.36. The highest BCUT2D eigenvalue weighted by molar-refractivity contribution is 7.99. The average molecular weight is 481 g/mol. The normalized spacial score (nSPS) is 10.6. The second-order valence-corrected chi connectivity index (χ2v) is 7.92. The van der Waals surface area contributed by atoms with Gasteiger partial charge in [-0.2, -0.15) is 4.98 Å². The molecule has 0 aliphatic heterocycles. The molecule has 3 N–H and O–H groups in total. The summed E-state index contributed by atoms with van der Waals surface area (Å²) < 4.78 is 12.0. The summed E-state index contributed by atoms with van der Waals surface area (Å²) in [5.41, 5.74) is 6.57. The number of carbonyl (C=O) groups excluding carboxylic acids is 1. The summed E-state index contributed by atoms with van der Waals surface area (Å²) in [6, 6.07) is 11.2. The van der Waals surface area contributed by atoms with Crippen LogP contribution < -0.4 is 26.1 Å². The van der Waals surface area contributed by atoms with E-state index in [4.69, 9.17) is 38.4 Å². The number of thioether (sulfide) groups is 1. The summed E-state index contributed by atoms with van der Waals surface area (Å²) in [4.78, 5) is 28.4. The standard InChI is InChI=1S/C20H18Cl2N4O4S/c1-29-15-8-16(30-2)14(7-13(15)22)24-19(28)10-31-20-25-18(27)9-17(23)26(20)12-5-3-11(21)4-6-12/h3-9H,10,23H2,1-2H3,(H,24,28). The maximum atomic E-state index is 12.6. The Labute approximate surface area is 192 Å². The molecule has 0 saturated carbocycles. The number of anilines is 2. The van der Waals surface area contributed by atoms with Gasteiger partial charge in [-0.1, -0.05) is 35.0 Å². The third-order valence-corrected chi connectivity index (χ3v) is 5.58. The van der Waals surface area contributed by atoms with Gasteiger partial charge < -0.3 is 20.5 Å². The number of nitrogens with zero attached hydrogens (tertiary/aromatic N) is 2. The van der Waals surface area contributed by atoms with Gasteiger partial charge in [0, 0.05) is 22.8 Å². The zero-order valence-electron chi connectivity index (χ0n) is 16.5. The van der Waals surface area contributed by atoms with Crippen molar-refractivity contribution in [3.63, 3.8) is 0 Å². The lowest BCUT2D eigenvalue weighted by atomic mass is 10.2. The monoisotopic (exact) mass is 480 g/mol. The molecule has 31 heavy (non-hydrogen) atoms. The number of hydrogen-bond donors (Lipinski definition) is 2. The molecule has 8 nitrogen and oxygen atoms in total. The number of nitrogen functional groups attached to an aromatic ring is 1. The van der Waals surface area contributed by atoms with Crippen molar-refractivity contribution in [3.05, 3.63) is 62.9 Å². The van der Waals surface area contributed by atoms with Crippen molar-refractivity contribution < 1.29 is 14.3 Å². The molecule has 0 fully saturated rings. The zero-order chi connectivity index (χ0) is 22.5. The first kappa shape index (κ1) is 22.8. The highest BCUT2D eigenvalue weighted by atomic mass is 35.5. The summed E-state index contributed by atoms with van der Waals surface area (Å²) in [6.45, 7) is 0. The lowest BCUT2D eigenvalue weighted by Gasteiger charge is -2.15. The van der Waals surface area contributed by atoms with Crippen molar-refractivity contribution in [2.75, 3.05) is 31.0 Å². The molecule has 162 valence electrons. The van der Waals surface area contributed by atoms with Gasteiger partial charge in [0.25, 0.3) is 5.56 Å². The molecular formula is C20H18Cl2N4O4S. The zero-order valence-corrected chi connectivity index (χ0v) is 18.8. The number of carbonyl (C=O) groups is 1. The number of methoxy groups -OCH3 is 2. The molecule has 3 aromatic rings. The van der Waals surface area contributed by atoms with Crippen molar-refractivity contribution in [2.24, 2.45) is 0 Å². The number of amides is 1. The van der Waals surface area contributed by atoms with Crippen LogP contribution in [0.25, 0.3) is 5.69 Å². The number of hydrogen-bond acceptors (Lipinski definition) is 7. The third kappa shape index (κ3) is 5.43. The molecule has 0 radical (unpaired) electrons. The van der Waals surface area contributed by atoms with Gasteiger partial charge in [0.15, 0.2) is 5.16 Å². The van der Waals surface area contributed by atoms with Crippen LogP contribution in [0.2, 0.25) is 10.0 Å². The average Bonchev–Trinajstić information content (AvgIpc) is 2.73. The molecule has 11 heteroatoms. The van der Waals surface area contributed by atoms with Crippen LogP contribution in [0.3, 0.4) is 0 Å². The van der Waals surface area contributed by atoms with E-state index in [0.717, 1.165) is 11.8 Å². The van der Waals surface area contributed by atoms with Gasteiger partial charge >= 0.3 is 0 Å². The molecule has 1 amide bonds. The first-order valence-electron chi connectivity index (χ1n) is 8.82. The second kappa shape index (κ2) is 9.95. The van der Waals surface area contributed by atoms with Gasteiger partial charge in [0.2, 0.25) is 5.91 Å². The number of ether oxygens (including phenoxy) is 2. The fraction of sp³-hybridized carbons (Fsp3) is 0.150. The molecule has 0 bridgehead atoms. The molecular weight excluding hydrogens is 463 g/mol. The quantitative estimate of drug-likeness (QED) is 0.390. The van der Waals surface area contributed by atoms with Gasteiger partial charge in [-0.15, -0.1) is 0 Å². The smallest absolute Gasteiger partial charge is 0.275 e. The molecule has 3 rings (SSSR count). The third-order valence-electron chi connectivity index (χ3n) is 4.09. The van der Waals surface area contributed by atoms with Crippen molar-refractivity contribution in [2.45, 2.75) is 5.16 Å².